The molecule has 0 spiro atoms. The molecule has 1 heterocycles. The summed E-state index contributed by atoms with van der Waals surface area (Å²) in [4.78, 5) is 0. The summed E-state index contributed by atoms with van der Waals surface area (Å²) < 4.78 is 4.76. The molecule has 0 amide bonds. The molecule has 0 radical (unpaired) electrons. The molecule has 1 fully saturated rings. The molecule has 1 saturated heterocycles. The predicted octanol–water partition coefficient (Wildman–Crippen LogP) is -3.97. The first-order valence-corrected chi connectivity index (χ1v) is 3.71. The van der Waals surface area contributed by atoms with Gasteiger partial charge in [-0.2, -0.15) is 0 Å². The Morgan fingerprint density at radius 1 is 1.17 bits per heavy atom. The maximum Gasteiger partial charge on any atom is 0.211 e. The van der Waals surface area contributed by atoms with Crippen LogP contribution in [0.15, 0.2) is 0 Å². The molecule has 0 aliphatic carbocycles. The van der Waals surface area contributed by atoms with Crippen molar-refractivity contribution < 1.29 is 30.9 Å². The molecular weight excluding hydrogens is 166 g/mol. The van der Waals surface area contributed by atoms with Crippen molar-refractivity contribution in [3.63, 3.8) is 0 Å². The van der Waals surface area contributed by atoms with Gasteiger partial charge in [-0.3, -0.25) is 0 Å². The van der Waals surface area contributed by atoms with Crippen LogP contribution in [0.4, 0.5) is 0 Å². The number of aliphatic hydroxyl groups excluding tert-OH is 4. The van der Waals surface area contributed by atoms with Gasteiger partial charge >= 0.3 is 0 Å². The lowest BCUT2D eigenvalue weighted by Gasteiger charge is -2.36. The normalized spacial score (nSPS) is 49.2. The summed E-state index contributed by atoms with van der Waals surface area (Å²) in [5.41, 5.74) is 3.41. The first kappa shape index (κ1) is 9.85. The molecule has 6 heteroatoms. The van der Waals surface area contributed by atoms with E-state index in [1.165, 1.54) is 0 Å². The summed E-state index contributed by atoms with van der Waals surface area (Å²) >= 11 is 0. The van der Waals surface area contributed by atoms with E-state index in [2.05, 4.69) is 5.73 Å². The van der Waals surface area contributed by atoms with Crippen molar-refractivity contribution in [3.8, 4) is 0 Å². The molecule has 1 rings (SSSR count). The van der Waals surface area contributed by atoms with Gasteiger partial charge in [-0.1, -0.05) is 0 Å². The molecule has 72 valence electrons. The van der Waals surface area contributed by atoms with Crippen LogP contribution in [0.2, 0.25) is 0 Å². The van der Waals surface area contributed by atoms with Gasteiger partial charge in [0.05, 0.1) is 6.61 Å². The van der Waals surface area contributed by atoms with Gasteiger partial charge < -0.3 is 30.9 Å². The number of aliphatic hydroxyl groups is 4. The third-order valence-corrected chi connectivity index (χ3v) is 2.03. The van der Waals surface area contributed by atoms with Crippen LogP contribution in [-0.2, 0) is 4.74 Å². The van der Waals surface area contributed by atoms with E-state index in [0.29, 0.717) is 0 Å². The summed E-state index contributed by atoms with van der Waals surface area (Å²) in [5.74, 6) is 0. The van der Waals surface area contributed by atoms with E-state index < -0.39 is 37.3 Å². The number of quaternary nitrogens is 1. The molecule has 0 bridgehead atoms. The Hall–Kier alpha value is -0.240. The van der Waals surface area contributed by atoms with Crippen molar-refractivity contribution in [2.75, 3.05) is 6.61 Å². The zero-order chi connectivity index (χ0) is 9.30. The SMILES string of the molecule is [NH3+][C@@H]1[C@H](O)[C@H](O)[C@@H](CO)O[C@@H]1O. The fourth-order valence-corrected chi connectivity index (χ4v) is 1.15. The summed E-state index contributed by atoms with van der Waals surface area (Å²) in [7, 11) is 0. The van der Waals surface area contributed by atoms with Crippen molar-refractivity contribution >= 4 is 0 Å². The highest BCUT2D eigenvalue weighted by Crippen LogP contribution is 2.16. The molecule has 5 atom stereocenters. The van der Waals surface area contributed by atoms with Crippen LogP contribution >= 0.6 is 0 Å². The van der Waals surface area contributed by atoms with Gasteiger partial charge in [-0.05, 0) is 0 Å². The van der Waals surface area contributed by atoms with Gasteiger partial charge in [0.25, 0.3) is 0 Å². The second kappa shape index (κ2) is 3.65. The Morgan fingerprint density at radius 2 is 1.75 bits per heavy atom. The van der Waals surface area contributed by atoms with Crippen LogP contribution in [0.5, 0.6) is 0 Å². The topological polar surface area (TPSA) is 118 Å². The monoisotopic (exact) mass is 180 g/mol. The Labute approximate surface area is 69.2 Å². The minimum atomic E-state index is -1.24. The first-order chi connectivity index (χ1) is 5.57. The Kier molecular flexibility index (Phi) is 2.99. The second-order valence-corrected chi connectivity index (χ2v) is 2.89. The Balaban J connectivity index is 2.63. The molecule has 0 aromatic heterocycles. The number of hydrogen-bond donors (Lipinski definition) is 5. The van der Waals surface area contributed by atoms with Gasteiger partial charge in [0, 0.05) is 0 Å². The van der Waals surface area contributed by atoms with E-state index in [-0.39, 0.29) is 0 Å². The average Bonchev–Trinajstić information content (AvgIpc) is 2.08. The molecule has 1 aliphatic rings. The van der Waals surface area contributed by atoms with Crippen LogP contribution in [0, 0.1) is 0 Å². The summed E-state index contributed by atoms with van der Waals surface area (Å²) in [5, 5.41) is 36.3. The highest BCUT2D eigenvalue weighted by molar-refractivity contribution is 4.87. The van der Waals surface area contributed by atoms with Crippen LogP contribution in [0.1, 0.15) is 0 Å². The Bertz CT molecular complexity index is 150. The minimum Gasteiger partial charge on any atom is -0.394 e. The largest absolute Gasteiger partial charge is 0.394 e. The number of rotatable bonds is 1. The van der Waals surface area contributed by atoms with Gasteiger partial charge in [-0.25, -0.2) is 0 Å². The molecular formula is C6H14NO5+. The fourth-order valence-electron chi connectivity index (χ4n) is 1.15. The van der Waals surface area contributed by atoms with E-state index in [1.807, 2.05) is 0 Å². The lowest BCUT2D eigenvalue weighted by atomic mass is 9.98. The molecule has 12 heavy (non-hydrogen) atoms. The van der Waals surface area contributed by atoms with Gasteiger partial charge in [0.1, 0.15) is 18.3 Å². The minimum absolute atomic E-state index is 0.442. The number of hydrogen-bond acceptors (Lipinski definition) is 5. The highest BCUT2D eigenvalue weighted by atomic mass is 16.6. The molecule has 0 aromatic rings. The predicted molar refractivity (Wildman–Crippen MR) is 36.7 cm³/mol. The lowest BCUT2D eigenvalue weighted by molar-refractivity contribution is -0.497. The summed E-state index contributed by atoms with van der Waals surface area (Å²) in [6, 6.07) is -0.789. The van der Waals surface area contributed by atoms with Crippen LogP contribution < -0.4 is 5.73 Å². The molecule has 0 saturated carbocycles. The van der Waals surface area contributed by atoms with Crippen molar-refractivity contribution in [3.05, 3.63) is 0 Å². The third kappa shape index (κ3) is 1.58. The lowest BCUT2D eigenvalue weighted by Crippen LogP contribution is -2.77. The van der Waals surface area contributed by atoms with Crippen molar-refractivity contribution in [1.82, 2.24) is 0 Å². The summed E-state index contributed by atoms with van der Waals surface area (Å²) in [6.07, 6.45) is -4.53. The maximum absolute atomic E-state index is 9.25. The van der Waals surface area contributed by atoms with E-state index in [1.54, 1.807) is 0 Å². The van der Waals surface area contributed by atoms with E-state index in [4.69, 9.17) is 14.9 Å². The standard InChI is InChI=1S/C6H13NO5/c7-3-5(10)4(9)2(1-8)12-6(3)11/h2-6,8-11H,1,7H2/p+1/t2-,3-,4-,5+,6+/m1/s1. The average molecular weight is 180 g/mol. The quantitative estimate of drug-likeness (QED) is 0.282. The van der Waals surface area contributed by atoms with Gasteiger partial charge in [0.2, 0.25) is 6.29 Å². The first-order valence-electron chi connectivity index (χ1n) is 3.71. The molecule has 7 N–H and O–H groups in total. The fraction of sp³-hybridized carbons (Fsp3) is 1.00. The van der Waals surface area contributed by atoms with Crippen LogP contribution in [0.25, 0.3) is 0 Å². The van der Waals surface area contributed by atoms with Crippen LogP contribution in [-0.4, -0.2) is 57.7 Å². The second-order valence-electron chi connectivity index (χ2n) is 2.89. The third-order valence-electron chi connectivity index (χ3n) is 2.03. The molecule has 0 aromatic carbocycles. The van der Waals surface area contributed by atoms with Crippen molar-refractivity contribution in [1.29, 1.82) is 0 Å². The van der Waals surface area contributed by atoms with E-state index in [9.17, 15) is 10.2 Å². The smallest absolute Gasteiger partial charge is 0.211 e. The van der Waals surface area contributed by atoms with Crippen molar-refractivity contribution in [2.45, 2.75) is 30.6 Å². The molecule has 1 aliphatic heterocycles. The van der Waals surface area contributed by atoms with E-state index in [0.717, 1.165) is 0 Å². The zero-order valence-corrected chi connectivity index (χ0v) is 6.50. The van der Waals surface area contributed by atoms with Gasteiger partial charge in [-0.15, -0.1) is 0 Å². The highest BCUT2D eigenvalue weighted by Gasteiger charge is 2.43. The van der Waals surface area contributed by atoms with Gasteiger partial charge in [0.15, 0.2) is 6.04 Å². The van der Waals surface area contributed by atoms with Crippen molar-refractivity contribution in [2.24, 2.45) is 0 Å². The molecule has 0 unspecified atom stereocenters. The Morgan fingerprint density at radius 3 is 2.25 bits per heavy atom. The number of ether oxygens (including phenoxy) is 1. The molecule has 6 nitrogen and oxygen atoms in total. The maximum atomic E-state index is 9.25. The van der Waals surface area contributed by atoms with E-state index >= 15 is 0 Å². The summed E-state index contributed by atoms with van der Waals surface area (Å²) in [6.45, 7) is -0.442. The van der Waals surface area contributed by atoms with Crippen LogP contribution in [0.3, 0.4) is 0 Å². The zero-order valence-electron chi connectivity index (χ0n) is 6.50.